The highest BCUT2D eigenvalue weighted by molar-refractivity contribution is 5.44. The van der Waals surface area contributed by atoms with Crippen molar-refractivity contribution in [3.05, 3.63) is 53.6 Å². The molecule has 1 atom stereocenters. The van der Waals surface area contributed by atoms with E-state index in [4.69, 9.17) is 14.2 Å². The van der Waals surface area contributed by atoms with Gasteiger partial charge in [0.15, 0.2) is 11.5 Å². The van der Waals surface area contributed by atoms with Gasteiger partial charge in [-0.3, -0.25) is 0 Å². The fourth-order valence-electron chi connectivity index (χ4n) is 4.02. The van der Waals surface area contributed by atoms with Gasteiger partial charge in [0, 0.05) is 25.2 Å². The first-order chi connectivity index (χ1) is 13.6. The number of para-hydroxylation sites is 1. The number of fused-ring (bicyclic) bond motifs is 1. The molecule has 2 N–H and O–H groups in total. The third-order valence-electron chi connectivity index (χ3n) is 5.67. The van der Waals surface area contributed by atoms with E-state index in [9.17, 15) is 10.2 Å². The number of piperidine rings is 1. The molecule has 0 spiro atoms. The number of hydrogen-bond acceptors (Lipinski definition) is 6. The molecule has 0 amide bonds. The van der Waals surface area contributed by atoms with E-state index < -0.39 is 11.7 Å². The van der Waals surface area contributed by atoms with E-state index in [1.165, 1.54) is 0 Å². The van der Waals surface area contributed by atoms with Gasteiger partial charge in [-0.05, 0) is 36.6 Å². The Morgan fingerprint density at radius 2 is 1.79 bits per heavy atom. The Kier molecular flexibility index (Phi) is 5.44. The van der Waals surface area contributed by atoms with Crippen LogP contribution >= 0.6 is 0 Å². The SMILES string of the molecule is COc1ccccc1C1(O)CCN(C[C@H](O)c2ccc3c(c2)OCCO3)CC1. The van der Waals surface area contributed by atoms with E-state index in [0.29, 0.717) is 51.4 Å². The van der Waals surface area contributed by atoms with Crippen LogP contribution in [-0.4, -0.2) is 55.1 Å². The van der Waals surface area contributed by atoms with Crippen LogP contribution in [0.25, 0.3) is 0 Å². The number of methoxy groups -OCH3 is 1. The summed E-state index contributed by atoms with van der Waals surface area (Å²) in [7, 11) is 1.63. The van der Waals surface area contributed by atoms with Gasteiger partial charge in [0.25, 0.3) is 0 Å². The number of rotatable bonds is 5. The standard InChI is InChI=1S/C22H27NO5/c1-26-19-5-3-2-4-17(19)22(25)8-10-23(11-9-22)15-18(24)16-6-7-20-21(14-16)28-13-12-27-20/h2-7,14,18,24-25H,8-13,15H2,1H3/t18-/m0/s1. The van der Waals surface area contributed by atoms with Gasteiger partial charge in [0.05, 0.1) is 18.8 Å². The van der Waals surface area contributed by atoms with E-state index >= 15 is 0 Å². The second kappa shape index (κ2) is 7.99. The van der Waals surface area contributed by atoms with Crippen LogP contribution in [0.15, 0.2) is 42.5 Å². The predicted octanol–water partition coefficient (Wildman–Crippen LogP) is 2.48. The van der Waals surface area contributed by atoms with Crippen LogP contribution in [0, 0.1) is 0 Å². The summed E-state index contributed by atoms with van der Waals surface area (Å²) in [5.74, 6) is 2.13. The van der Waals surface area contributed by atoms with E-state index in [2.05, 4.69) is 4.90 Å². The maximum Gasteiger partial charge on any atom is 0.161 e. The van der Waals surface area contributed by atoms with Crippen molar-refractivity contribution in [3.63, 3.8) is 0 Å². The van der Waals surface area contributed by atoms with Crippen molar-refractivity contribution in [2.45, 2.75) is 24.5 Å². The molecular formula is C22H27NO5. The number of β-amino-alcohol motifs (C(OH)–C–C–N with tert-alkyl or cyclic N) is 1. The Bertz CT molecular complexity index is 816. The third kappa shape index (κ3) is 3.81. The highest BCUT2D eigenvalue weighted by Gasteiger charge is 2.36. The zero-order valence-corrected chi connectivity index (χ0v) is 16.1. The molecule has 2 aromatic rings. The van der Waals surface area contributed by atoms with E-state index in [1.54, 1.807) is 7.11 Å². The van der Waals surface area contributed by atoms with Crippen molar-refractivity contribution in [3.8, 4) is 17.2 Å². The summed E-state index contributed by atoms with van der Waals surface area (Å²) >= 11 is 0. The molecule has 0 aliphatic carbocycles. The minimum atomic E-state index is -0.898. The lowest BCUT2D eigenvalue weighted by molar-refractivity contribution is -0.0358. The van der Waals surface area contributed by atoms with Gasteiger partial charge < -0.3 is 29.3 Å². The molecule has 4 rings (SSSR count). The summed E-state index contributed by atoms with van der Waals surface area (Å²) in [4.78, 5) is 2.19. The van der Waals surface area contributed by atoms with Crippen LogP contribution in [0.3, 0.4) is 0 Å². The Morgan fingerprint density at radius 1 is 1.07 bits per heavy atom. The highest BCUT2D eigenvalue weighted by Crippen LogP contribution is 2.38. The Balaban J connectivity index is 1.39. The molecule has 2 aliphatic rings. The first kappa shape index (κ1) is 19.1. The molecule has 0 unspecified atom stereocenters. The van der Waals surface area contributed by atoms with Gasteiger partial charge in [-0.2, -0.15) is 0 Å². The Labute approximate surface area is 165 Å². The minimum Gasteiger partial charge on any atom is -0.496 e. The smallest absolute Gasteiger partial charge is 0.161 e. The molecule has 6 heteroatoms. The number of hydrogen-bond donors (Lipinski definition) is 2. The van der Waals surface area contributed by atoms with Gasteiger partial charge in [-0.15, -0.1) is 0 Å². The molecule has 0 aromatic heterocycles. The average Bonchev–Trinajstić information content (AvgIpc) is 2.75. The molecule has 0 bridgehead atoms. The zero-order chi connectivity index (χ0) is 19.6. The summed E-state index contributed by atoms with van der Waals surface area (Å²) < 4.78 is 16.6. The zero-order valence-electron chi connectivity index (χ0n) is 16.1. The highest BCUT2D eigenvalue weighted by atomic mass is 16.6. The van der Waals surface area contributed by atoms with E-state index in [0.717, 1.165) is 22.6 Å². The summed E-state index contributed by atoms with van der Waals surface area (Å²) in [6.45, 7) is 3.01. The van der Waals surface area contributed by atoms with Crippen molar-refractivity contribution in [2.24, 2.45) is 0 Å². The topological polar surface area (TPSA) is 71.4 Å². The van der Waals surface area contributed by atoms with Crippen molar-refractivity contribution in [2.75, 3.05) is 40.0 Å². The van der Waals surface area contributed by atoms with Crippen LogP contribution in [0.2, 0.25) is 0 Å². The van der Waals surface area contributed by atoms with Gasteiger partial charge >= 0.3 is 0 Å². The van der Waals surface area contributed by atoms with Gasteiger partial charge in [-0.25, -0.2) is 0 Å². The largest absolute Gasteiger partial charge is 0.496 e. The predicted molar refractivity (Wildman–Crippen MR) is 105 cm³/mol. The summed E-state index contributed by atoms with van der Waals surface area (Å²) in [6, 6.07) is 13.2. The maximum absolute atomic E-state index is 11.2. The molecule has 0 saturated carbocycles. The molecular weight excluding hydrogens is 358 g/mol. The van der Waals surface area contributed by atoms with E-state index in [-0.39, 0.29) is 0 Å². The van der Waals surface area contributed by atoms with Gasteiger partial charge in [0.1, 0.15) is 19.0 Å². The lowest BCUT2D eigenvalue weighted by atomic mass is 9.83. The molecule has 6 nitrogen and oxygen atoms in total. The molecule has 28 heavy (non-hydrogen) atoms. The van der Waals surface area contributed by atoms with Crippen LogP contribution in [0.4, 0.5) is 0 Å². The summed E-state index contributed by atoms with van der Waals surface area (Å²) in [6.07, 6.45) is 0.580. The van der Waals surface area contributed by atoms with Crippen molar-refractivity contribution < 1.29 is 24.4 Å². The second-order valence-corrected chi connectivity index (χ2v) is 7.45. The normalized spacial score (nSPS) is 19.8. The molecule has 2 heterocycles. The Hall–Kier alpha value is -2.28. The number of benzene rings is 2. The lowest BCUT2D eigenvalue weighted by Crippen LogP contribution is -2.44. The van der Waals surface area contributed by atoms with Crippen molar-refractivity contribution >= 4 is 0 Å². The fraction of sp³-hybridized carbons (Fsp3) is 0.455. The number of aliphatic hydroxyl groups is 2. The van der Waals surface area contributed by atoms with E-state index in [1.807, 2.05) is 42.5 Å². The monoisotopic (exact) mass is 385 g/mol. The molecule has 1 fully saturated rings. The molecule has 1 saturated heterocycles. The third-order valence-corrected chi connectivity index (χ3v) is 5.67. The fourth-order valence-corrected chi connectivity index (χ4v) is 4.02. The number of likely N-dealkylation sites (tertiary alicyclic amines) is 1. The number of nitrogens with zero attached hydrogens (tertiary/aromatic N) is 1. The number of ether oxygens (including phenoxy) is 3. The van der Waals surface area contributed by atoms with Crippen LogP contribution in [0.1, 0.15) is 30.1 Å². The first-order valence-electron chi connectivity index (χ1n) is 9.75. The molecule has 2 aromatic carbocycles. The molecule has 150 valence electrons. The number of aliphatic hydroxyl groups excluding tert-OH is 1. The summed E-state index contributed by atoms with van der Waals surface area (Å²) in [5, 5.41) is 21.8. The quantitative estimate of drug-likeness (QED) is 0.824. The van der Waals surface area contributed by atoms with Crippen LogP contribution in [0.5, 0.6) is 17.2 Å². The van der Waals surface area contributed by atoms with Crippen molar-refractivity contribution in [1.82, 2.24) is 4.90 Å². The van der Waals surface area contributed by atoms with Gasteiger partial charge in [-0.1, -0.05) is 24.3 Å². The molecule has 2 aliphatic heterocycles. The summed E-state index contributed by atoms with van der Waals surface area (Å²) in [5.41, 5.74) is 0.754. The van der Waals surface area contributed by atoms with Gasteiger partial charge in [0.2, 0.25) is 0 Å². The van der Waals surface area contributed by atoms with Crippen LogP contribution < -0.4 is 14.2 Å². The second-order valence-electron chi connectivity index (χ2n) is 7.45. The van der Waals surface area contributed by atoms with Crippen LogP contribution in [-0.2, 0) is 5.60 Å². The Morgan fingerprint density at radius 3 is 2.54 bits per heavy atom. The maximum atomic E-state index is 11.2. The minimum absolute atomic E-state index is 0.516. The first-order valence-corrected chi connectivity index (χ1v) is 9.75. The molecule has 0 radical (unpaired) electrons. The average molecular weight is 385 g/mol. The van der Waals surface area contributed by atoms with Crippen molar-refractivity contribution in [1.29, 1.82) is 0 Å². The lowest BCUT2D eigenvalue weighted by Gasteiger charge is -2.39.